The van der Waals surface area contributed by atoms with Crippen LogP contribution < -0.4 is 0 Å². The quantitative estimate of drug-likeness (QED) is 0.357. The molecule has 1 heterocycles. The Balaban J connectivity index is 2.24. The predicted molar refractivity (Wildman–Crippen MR) is 88.1 cm³/mol. The molecule has 0 aliphatic carbocycles. The van der Waals surface area contributed by atoms with Crippen molar-refractivity contribution in [2.75, 3.05) is 6.61 Å². The van der Waals surface area contributed by atoms with E-state index in [0.29, 0.717) is 4.90 Å². The standard InChI is InChI=1S/C18H11F4NO2S/c1-2-25-18(24)12-8-23-16-11(7-13(20)14(21)15(16)22)17(12)26-10-5-3-9(19)4-6-10/h3-8H,2H2,1H3. The summed E-state index contributed by atoms with van der Waals surface area (Å²) in [5.74, 6) is -5.70. The minimum atomic E-state index is -1.65. The van der Waals surface area contributed by atoms with Gasteiger partial charge in [-0.3, -0.25) is 4.98 Å². The Kier molecular flexibility index (Phi) is 5.13. The van der Waals surface area contributed by atoms with Crippen molar-refractivity contribution in [3.63, 3.8) is 0 Å². The van der Waals surface area contributed by atoms with E-state index in [0.717, 1.165) is 24.0 Å². The fraction of sp³-hybridized carbons (Fsp3) is 0.111. The van der Waals surface area contributed by atoms with Gasteiger partial charge in [-0.05, 0) is 37.3 Å². The highest BCUT2D eigenvalue weighted by molar-refractivity contribution is 7.99. The zero-order chi connectivity index (χ0) is 18.8. The van der Waals surface area contributed by atoms with E-state index in [-0.39, 0.29) is 22.5 Å². The van der Waals surface area contributed by atoms with Crippen molar-refractivity contribution in [3.8, 4) is 0 Å². The molecule has 0 spiro atoms. The van der Waals surface area contributed by atoms with E-state index >= 15 is 0 Å². The Morgan fingerprint density at radius 2 is 1.81 bits per heavy atom. The van der Waals surface area contributed by atoms with Gasteiger partial charge in [0.05, 0.1) is 12.2 Å². The number of aromatic nitrogens is 1. The highest BCUT2D eigenvalue weighted by atomic mass is 32.2. The molecule has 0 amide bonds. The van der Waals surface area contributed by atoms with Crippen molar-refractivity contribution in [3.05, 3.63) is 65.4 Å². The second kappa shape index (κ2) is 7.33. The first-order valence-electron chi connectivity index (χ1n) is 7.49. The van der Waals surface area contributed by atoms with Crippen LogP contribution in [0.5, 0.6) is 0 Å². The normalized spacial score (nSPS) is 11.0. The van der Waals surface area contributed by atoms with Gasteiger partial charge in [-0.1, -0.05) is 11.8 Å². The summed E-state index contributed by atoms with van der Waals surface area (Å²) in [5, 5.41) is -0.0821. The van der Waals surface area contributed by atoms with Gasteiger partial charge in [-0.2, -0.15) is 0 Å². The summed E-state index contributed by atoms with van der Waals surface area (Å²) in [7, 11) is 0. The Morgan fingerprint density at radius 3 is 2.46 bits per heavy atom. The number of nitrogens with zero attached hydrogens (tertiary/aromatic N) is 1. The van der Waals surface area contributed by atoms with Gasteiger partial charge in [-0.25, -0.2) is 22.4 Å². The highest BCUT2D eigenvalue weighted by Gasteiger charge is 2.23. The summed E-state index contributed by atoms with van der Waals surface area (Å²) >= 11 is 0.967. The van der Waals surface area contributed by atoms with Crippen LogP contribution in [0.2, 0.25) is 0 Å². The number of pyridine rings is 1. The highest BCUT2D eigenvalue weighted by Crippen LogP contribution is 2.37. The first-order valence-corrected chi connectivity index (χ1v) is 8.30. The molecule has 0 radical (unpaired) electrons. The minimum Gasteiger partial charge on any atom is -0.462 e. The van der Waals surface area contributed by atoms with Gasteiger partial charge < -0.3 is 4.74 Å². The number of fused-ring (bicyclic) bond motifs is 1. The topological polar surface area (TPSA) is 39.2 Å². The molecule has 0 unspecified atom stereocenters. The molecule has 3 aromatic rings. The maximum absolute atomic E-state index is 14.1. The van der Waals surface area contributed by atoms with E-state index in [1.165, 1.54) is 24.3 Å². The molecular formula is C18H11F4NO2S. The smallest absolute Gasteiger partial charge is 0.340 e. The van der Waals surface area contributed by atoms with Crippen LogP contribution in [0.3, 0.4) is 0 Å². The number of ether oxygens (including phenoxy) is 1. The third kappa shape index (κ3) is 3.37. The van der Waals surface area contributed by atoms with E-state index in [1.54, 1.807) is 6.92 Å². The summed E-state index contributed by atoms with van der Waals surface area (Å²) in [4.78, 5) is 16.6. The van der Waals surface area contributed by atoms with Crippen molar-refractivity contribution in [1.29, 1.82) is 0 Å². The maximum atomic E-state index is 14.1. The summed E-state index contributed by atoms with van der Waals surface area (Å²) in [6.45, 7) is 1.69. The monoisotopic (exact) mass is 381 g/mol. The Bertz CT molecular complexity index is 993. The zero-order valence-corrected chi connectivity index (χ0v) is 14.2. The molecule has 0 saturated carbocycles. The van der Waals surface area contributed by atoms with Crippen LogP contribution in [0.25, 0.3) is 10.9 Å². The molecule has 0 aliphatic heterocycles. The number of halogens is 4. The van der Waals surface area contributed by atoms with Crippen molar-refractivity contribution < 1.29 is 27.1 Å². The Morgan fingerprint density at radius 1 is 1.12 bits per heavy atom. The SMILES string of the molecule is CCOC(=O)c1cnc2c(F)c(F)c(F)cc2c1Sc1ccc(F)cc1. The van der Waals surface area contributed by atoms with E-state index in [1.807, 2.05) is 0 Å². The van der Waals surface area contributed by atoms with E-state index < -0.39 is 34.8 Å². The summed E-state index contributed by atoms with van der Waals surface area (Å²) in [6, 6.07) is 6.07. The maximum Gasteiger partial charge on any atom is 0.340 e. The summed E-state index contributed by atoms with van der Waals surface area (Å²) < 4.78 is 59.4. The molecule has 134 valence electrons. The van der Waals surface area contributed by atoms with Crippen molar-refractivity contribution in [2.45, 2.75) is 16.7 Å². The fourth-order valence-corrected chi connectivity index (χ4v) is 3.32. The van der Waals surface area contributed by atoms with Crippen molar-refractivity contribution in [1.82, 2.24) is 4.98 Å². The first-order chi connectivity index (χ1) is 12.4. The van der Waals surface area contributed by atoms with Crippen molar-refractivity contribution >= 4 is 28.6 Å². The molecule has 0 saturated heterocycles. The van der Waals surface area contributed by atoms with Crippen LogP contribution in [0, 0.1) is 23.3 Å². The lowest BCUT2D eigenvalue weighted by Gasteiger charge is -2.12. The van der Waals surface area contributed by atoms with Crippen LogP contribution in [0.15, 0.2) is 46.3 Å². The van der Waals surface area contributed by atoms with Gasteiger partial charge in [0.25, 0.3) is 0 Å². The minimum absolute atomic E-state index is 0.0286. The van der Waals surface area contributed by atoms with E-state index in [4.69, 9.17) is 4.74 Å². The average Bonchev–Trinajstić information content (AvgIpc) is 2.62. The molecule has 0 aliphatic rings. The molecule has 3 rings (SSSR count). The fourth-order valence-electron chi connectivity index (χ4n) is 2.30. The predicted octanol–water partition coefficient (Wildman–Crippen LogP) is 5.12. The van der Waals surface area contributed by atoms with Gasteiger partial charge in [0.2, 0.25) is 0 Å². The molecule has 0 N–H and O–H groups in total. The largest absolute Gasteiger partial charge is 0.462 e. The van der Waals surface area contributed by atoms with Gasteiger partial charge in [0.15, 0.2) is 17.5 Å². The molecular weight excluding hydrogens is 370 g/mol. The van der Waals surface area contributed by atoms with Crippen molar-refractivity contribution in [2.24, 2.45) is 0 Å². The van der Waals surface area contributed by atoms with Gasteiger partial charge >= 0.3 is 5.97 Å². The van der Waals surface area contributed by atoms with Crippen LogP contribution in [-0.2, 0) is 4.74 Å². The summed E-state index contributed by atoms with van der Waals surface area (Å²) in [6.07, 6.45) is 1.05. The number of benzene rings is 2. The first kappa shape index (κ1) is 18.2. The molecule has 2 aromatic carbocycles. The molecule has 0 atom stereocenters. The Hall–Kier alpha value is -2.61. The molecule has 0 bridgehead atoms. The lowest BCUT2D eigenvalue weighted by Crippen LogP contribution is -2.08. The zero-order valence-electron chi connectivity index (χ0n) is 13.4. The van der Waals surface area contributed by atoms with Crippen LogP contribution in [0.4, 0.5) is 17.6 Å². The van der Waals surface area contributed by atoms with Gasteiger partial charge in [0.1, 0.15) is 11.3 Å². The number of hydrogen-bond donors (Lipinski definition) is 0. The second-order valence-corrected chi connectivity index (χ2v) is 6.24. The number of carbonyl (C=O) groups excluding carboxylic acids is 1. The van der Waals surface area contributed by atoms with Crippen LogP contribution in [0.1, 0.15) is 17.3 Å². The Labute approximate surface area is 150 Å². The number of carbonyl (C=O) groups is 1. The van der Waals surface area contributed by atoms with E-state index in [9.17, 15) is 22.4 Å². The molecule has 26 heavy (non-hydrogen) atoms. The summed E-state index contributed by atoms with van der Waals surface area (Å²) in [5.41, 5.74) is -0.444. The third-order valence-electron chi connectivity index (χ3n) is 3.48. The molecule has 1 aromatic heterocycles. The lowest BCUT2D eigenvalue weighted by molar-refractivity contribution is 0.0522. The second-order valence-electron chi connectivity index (χ2n) is 5.16. The molecule has 0 fully saturated rings. The van der Waals surface area contributed by atoms with Gasteiger partial charge in [0, 0.05) is 21.4 Å². The third-order valence-corrected chi connectivity index (χ3v) is 4.63. The molecule has 8 heteroatoms. The average molecular weight is 381 g/mol. The van der Waals surface area contributed by atoms with Crippen LogP contribution in [-0.4, -0.2) is 17.6 Å². The van der Waals surface area contributed by atoms with E-state index in [2.05, 4.69) is 4.98 Å². The number of esters is 1. The number of hydrogen-bond acceptors (Lipinski definition) is 4. The number of rotatable bonds is 4. The molecule has 3 nitrogen and oxygen atoms in total. The lowest BCUT2D eigenvalue weighted by atomic mass is 10.1. The van der Waals surface area contributed by atoms with Gasteiger partial charge in [-0.15, -0.1) is 0 Å². The van der Waals surface area contributed by atoms with Crippen LogP contribution >= 0.6 is 11.8 Å².